The van der Waals surface area contributed by atoms with E-state index in [1.54, 1.807) is 6.33 Å². The Labute approximate surface area is 128 Å². The van der Waals surface area contributed by atoms with E-state index in [0.29, 0.717) is 6.04 Å². The van der Waals surface area contributed by atoms with Gasteiger partial charge in [0.15, 0.2) is 0 Å². The van der Waals surface area contributed by atoms with Gasteiger partial charge in [-0.3, -0.25) is 0 Å². The summed E-state index contributed by atoms with van der Waals surface area (Å²) < 4.78 is 2.10. The Morgan fingerprint density at radius 1 is 1.24 bits per heavy atom. The maximum atomic E-state index is 4.53. The standard InChI is InChI=1S/C17H30N4/c1-12(2)21-17(19-11-20-21)9-15-8-13(3)4-5-14(15)10-18-16-6-7-16/h11-16,18H,4-10H2,1-3H3. The fourth-order valence-electron chi connectivity index (χ4n) is 3.77. The highest BCUT2D eigenvalue weighted by atomic mass is 15.3. The first-order chi connectivity index (χ1) is 10.1. The molecule has 0 amide bonds. The predicted molar refractivity (Wildman–Crippen MR) is 85.1 cm³/mol. The molecule has 0 spiro atoms. The van der Waals surface area contributed by atoms with Crippen molar-refractivity contribution in [3.63, 3.8) is 0 Å². The first kappa shape index (κ1) is 15.0. The SMILES string of the molecule is CC1CCC(CNC2CC2)C(Cc2ncnn2C(C)C)C1. The summed E-state index contributed by atoms with van der Waals surface area (Å²) in [7, 11) is 0. The van der Waals surface area contributed by atoms with Gasteiger partial charge in [-0.2, -0.15) is 5.10 Å². The third-order valence-corrected chi connectivity index (χ3v) is 5.23. The molecule has 3 rings (SSSR count). The van der Waals surface area contributed by atoms with Gasteiger partial charge in [0, 0.05) is 18.5 Å². The Balaban J connectivity index is 1.64. The van der Waals surface area contributed by atoms with Gasteiger partial charge in [-0.25, -0.2) is 9.67 Å². The van der Waals surface area contributed by atoms with Crippen molar-refractivity contribution in [2.75, 3.05) is 6.54 Å². The number of hydrogen-bond donors (Lipinski definition) is 1. The van der Waals surface area contributed by atoms with Gasteiger partial charge in [0.25, 0.3) is 0 Å². The lowest BCUT2D eigenvalue weighted by molar-refractivity contribution is 0.179. The van der Waals surface area contributed by atoms with E-state index in [1.807, 2.05) is 0 Å². The minimum Gasteiger partial charge on any atom is -0.314 e. The van der Waals surface area contributed by atoms with Crippen LogP contribution >= 0.6 is 0 Å². The van der Waals surface area contributed by atoms with Gasteiger partial charge in [-0.1, -0.05) is 13.3 Å². The third-order valence-electron chi connectivity index (χ3n) is 5.23. The van der Waals surface area contributed by atoms with E-state index in [0.717, 1.165) is 30.2 Å². The van der Waals surface area contributed by atoms with Crippen LogP contribution in [0.2, 0.25) is 0 Å². The summed E-state index contributed by atoms with van der Waals surface area (Å²) in [6, 6.07) is 1.23. The lowest BCUT2D eigenvalue weighted by Gasteiger charge is -2.35. The van der Waals surface area contributed by atoms with Crippen molar-refractivity contribution in [2.45, 2.75) is 71.4 Å². The van der Waals surface area contributed by atoms with Crippen LogP contribution in [0.15, 0.2) is 6.33 Å². The van der Waals surface area contributed by atoms with Gasteiger partial charge in [0.1, 0.15) is 12.2 Å². The van der Waals surface area contributed by atoms with Crippen LogP contribution in [0.5, 0.6) is 0 Å². The second kappa shape index (κ2) is 6.47. The van der Waals surface area contributed by atoms with Crippen LogP contribution in [0.25, 0.3) is 0 Å². The highest BCUT2D eigenvalue weighted by molar-refractivity contribution is 4.94. The molecule has 2 aliphatic carbocycles. The van der Waals surface area contributed by atoms with Gasteiger partial charge in [-0.05, 0) is 63.8 Å². The van der Waals surface area contributed by atoms with E-state index in [9.17, 15) is 0 Å². The maximum absolute atomic E-state index is 4.53. The number of aromatic nitrogens is 3. The summed E-state index contributed by atoms with van der Waals surface area (Å²) in [6.45, 7) is 7.99. The van der Waals surface area contributed by atoms with Crippen LogP contribution in [0.4, 0.5) is 0 Å². The molecule has 118 valence electrons. The molecule has 2 fully saturated rings. The summed E-state index contributed by atoms with van der Waals surface area (Å²) in [6.07, 6.45) is 9.71. The van der Waals surface area contributed by atoms with E-state index in [-0.39, 0.29) is 0 Å². The highest BCUT2D eigenvalue weighted by Gasteiger charge is 2.31. The largest absolute Gasteiger partial charge is 0.314 e. The zero-order chi connectivity index (χ0) is 14.8. The van der Waals surface area contributed by atoms with Crippen LogP contribution in [-0.2, 0) is 6.42 Å². The van der Waals surface area contributed by atoms with E-state index in [1.165, 1.54) is 44.5 Å². The molecule has 2 saturated carbocycles. The van der Waals surface area contributed by atoms with Crippen molar-refractivity contribution in [3.05, 3.63) is 12.2 Å². The van der Waals surface area contributed by atoms with Crippen molar-refractivity contribution in [2.24, 2.45) is 17.8 Å². The fraction of sp³-hybridized carbons (Fsp3) is 0.882. The van der Waals surface area contributed by atoms with Crippen LogP contribution in [0, 0.1) is 17.8 Å². The minimum absolute atomic E-state index is 0.409. The van der Waals surface area contributed by atoms with Gasteiger partial charge in [0.05, 0.1) is 0 Å². The molecule has 0 bridgehead atoms. The summed E-state index contributed by atoms with van der Waals surface area (Å²) in [4.78, 5) is 4.53. The van der Waals surface area contributed by atoms with Gasteiger partial charge < -0.3 is 5.32 Å². The molecule has 0 radical (unpaired) electrons. The Bertz CT molecular complexity index is 449. The molecule has 2 aliphatic rings. The molecule has 1 heterocycles. The molecule has 1 aromatic heterocycles. The molecule has 4 heteroatoms. The van der Waals surface area contributed by atoms with Crippen LogP contribution < -0.4 is 5.32 Å². The molecule has 3 unspecified atom stereocenters. The number of hydrogen-bond acceptors (Lipinski definition) is 3. The second-order valence-electron chi connectivity index (χ2n) is 7.54. The number of nitrogens with one attached hydrogen (secondary N) is 1. The van der Waals surface area contributed by atoms with Crippen molar-refractivity contribution in [1.82, 2.24) is 20.1 Å². The Morgan fingerprint density at radius 2 is 2.05 bits per heavy atom. The lowest BCUT2D eigenvalue weighted by Crippen LogP contribution is -2.35. The zero-order valence-corrected chi connectivity index (χ0v) is 13.8. The van der Waals surface area contributed by atoms with Gasteiger partial charge >= 0.3 is 0 Å². The van der Waals surface area contributed by atoms with Gasteiger partial charge in [0.2, 0.25) is 0 Å². The predicted octanol–water partition coefficient (Wildman–Crippen LogP) is 3.21. The van der Waals surface area contributed by atoms with E-state index >= 15 is 0 Å². The first-order valence-electron chi connectivity index (χ1n) is 8.75. The van der Waals surface area contributed by atoms with Crippen molar-refractivity contribution in [1.29, 1.82) is 0 Å². The van der Waals surface area contributed by atoms with Crippen molar-refractivity contribution < 1.29 is 0 Å². The fourth-order valence-corrected chi connectivity index (χ4v) is 3.77. The average molecular weight is 290 g/mol. The molecule has 21 heavy (non-hydrogen) atoms. The highest BCUT2D eigenvalue weighted by Crippen LogP contribution is 2.36. The van der Waals surface area contributed by atoms with Gasteiger partial charge in [-0.15, -0.1) is 0 Å². The second-order valence-corrected chi connectivity index (χ2v) is 7.54. The Kier molecular flexibility index (Phi) is 4.63. The topological polar surface area (TPSA) is 42.7 Å². The monoisotopic (exact) mass is 290 g/mol. The molecule has 0 saturated heterocycles. The summed E-state index contributed by atoms with van der Waals surface area (Å²) in [5.41, 5.74) is 0. The molecule has 0 aliphatic heterocycles. The van der Waals surface area contributed by atoms with Crippen molar-refractivity contribution >= 4 is 0 Å². The van der Waals surface area contributed by atoms with Crippen LogP contribution in [0.1, 0.15) is 64.7 Å². The molecular formula is C17H30N4. The first-order valence-corrected chi connectivity index (χ1v) is 8.75. The molecule has 0 aromatic carbocycles. The molecule has 4 nitrogen and oxygen atoms in total. The third kappa shape index (κ3) is 3.85. The smallest absolute Gasteiger partial charge is 0.138 e. The van der Waals surface area contributed by atoms with E-state index < -0.39 is 0 Å². The molecule has 1 N–H and O–H groups in total. The van der Waals surface area contributed by atoms with E-state index in [4.69, 9.17) is 0 Å². The normalized spacial score (nSPS) is 30.0. The Hall–Kier alpha value is -0.900. The molecular weight excluding hydrogens is 260 g/mol. The molecule has 1 aromatic rings. The number of nitrogens with zero attached hydrogens (tertiary/aromatic N) is 3. The van der Waals surface area contributed by atoms with Crippen molar-refractivity contribution in [3.8, 4) is 0 Å². The van der Waals surface area contributed by atoms with Crippen LogP contribution in [0.3, 0.4) is 0 Å². The summed E-state index contributed by atoms with van der Waals surface area (Å²) in [5.74, 6) is 3.63. The quantitative estimate of drug-likeness (QED) is 0.875. The Morgan fingerprint density at radius 3 is 2.76 bits per heavy atom. The minimum atomic E-state index is 0.409. The summed E-state index contributed by atoms with van der Waals surface area (Å²) in [5, 5.41) is 8.14. The zero-order valence-electron chi connectivity index (χ0n) is 13.8. The summed E-state index contributed by atoms with van der Waals surface area (Å²) >= 11 is 0. The van der Waals surface area contributed by atoms with Crippen LogP contribution in [-0.4, -0.2) is 27.4 Å². The maximum Gasteiger partial charge on any atom is 0.138 e. The van der Waals surface area contributed by atoms with E-state index in [2.05, 4.69) is 40.9 Å². The molecule has 3 atom stereocenters. The average Bonchev–Trinajstić information content (AvgIpc) is 3.15. The number of rotatable bonds is 6. The lowest BCUT2D eigenvalue weighted by atomic mass is 9.73.